The van der Waals surface area contributed by atoms with Gasteiger partial charge in [-0.25, -0.2) is 4.98 Å². The Labute approximate surface area is 93.3 Å². The molecule has 3 nitrogen and oxygen atoms in total. The van der Waals surface area contributed by atoms with E-state index in [1.165, 1.54) is 16.2 Å². The van der Waals surface area contributed by atoms with Crippen LogP contribution in [0.15, 0.2) is 6.20 Å². The van der Waals surface area contributed by atoms with Crippen molar-refractivity contribution in [3.63, 3.8) is 0 Å². The highest BCUT2D eigenvalue weighted by Gasteiger charge is 2.05. The number of halogens is 1. The quantitative estimate of drug-likeness (QED) is 0.818. The molecule has 80 valence electrons. The van der Waals surface area contributed by atoms with Gasteiger partial charge in [-0.3, -0.25) is 4.90 Å². The van der Waals surface area contributed by atoms with Crippen molar-refractivity contribution in [2.45, 2.75) is 19.9 Å². The molecule has 0 fully saturated rings. The summed E-state index contributed by atoms with van der Waals surface area (Å²) in [5.41, 5.74) is 0. The average Bonchev–Trinajstić information content (AvgIpc) is 2.58. The summed E-state index contributed by atoms with van der Waals surface area (Å²) < 4.78 is 0.596. The summed E-state index contributed by atoms with van der Waals surface area (Å²) in [6.07, 6.45) is 2.63. The fraction of sp³-hybridized carbons (Fsp3) is 0.667. The van der Waals surface area contributed by atoms with E-state index in [-0.39, 0.29) is 6.61 Å². The van der Waals surface area contributed by atoms with Crippen LogP contribution in [0.2, 0.25) is 4.47 Å². The van der Waals surface area contributed by atoms with E-state index in [2.05, 4.69) is 16.8 Å². The average molecular weight is 235 g/mol. The Kier molecular flexibility index (Phi) is 5.40. The minimum atomic E-state index is 0.250. The Morgan fingerprint density at radius 1 is 1.64 bits per heavy atom. The molecule has 1 N–H and O–H groups in total. The van der Waals surface area contributed by atoms with Crippen molar-refractivity contribution in [2.75, 3.05) is 19.7 Å². The number of rotatable bonds is 6. The topological polar surface area (TPSA) is 36.4 Å². The van der Waals surface area contributed by atoms with Crippen LogP contribution < -0.4 is 0 Å². The molecule has 14 heavy (non-hydrogen) atoms. The Balaban J connectivity index is 2.40. The van der Waals surface area contributed by atoms with Gasteiger partial charge in [0.25, 0.3) is 0 Å². The lowest BCUT2D eigenvalue weighted by Gasteiger charge is -2.18. The molecule has 0 aliphatic rings. The smallest absolute Gasteiger partial charge is 0.183 e. The van der Waals surface area contributed by atoms with E-state index in [9.17, 15) is 0 Å². The van der Waals surface area contributed by atoms with Crippen LogP contribution in [0.4, 0.5) is 0 Å². The molecule has 0 atom stereocenters. The minimum absolute atomic E-state index is 0.250. The van der Waals surface area contributed by atoms with E-state index >= 15 is 0 Å². The van der Waals surface area contributed by atoms with E-state index in [4.69, 9.17) is 16.7 Å². The molecule has 0 saturated heterocycles. The highest BCUT2D eigenvalue weighted by atomic mass is 35.5. The number of thiazole rings is 1. The number of aliphatic hydroxyl groups is 1. The van der Waals surface area contributed by atoms with Crippen molar-refractivity contribution >= 4 is 22.9 Å². The lowest BCUT2D eigenvalue weighted by atomic mass is 10.3. The summed E-state index contributed by atoms with van der Waals surface area (Å²) in [6, 6.07) is 0. The molecule has 0 saturated carbocycles. The molecule has 1 aromatic heterocycles. The zero-order chi connectivity index (χ0) is 10.4. The Bertz CT molecular complexity index is 267. The van der Waals surface area contributed by atoms with E-state index in [1.54, 1.807) is 0 Å². The molecule has 1 heterocycles. The van der Waals surface area contributed by atoms with Gasteiger partial charge in [0, 0.05) is 30.8 Å². The first-order valence-electron chi connectivity index (χ1n) is 4.69. The molecule has 1 rings (SSSR count). The summed E-state index contributed by atoms with van der Waals surface area (Å²) in [6.45, 7) is 5.14. The second-order valence-electron chi connectivity index (χ2n) is 3.03. The lowest BCUT2D eigenvalue weighted by Crippen LogP contribution is -2.24. The number of nitrogens with zero attached hydrogens (tertiary/aromatic N) is 2. The maximum Gasteiger partial charge on any atom is 0.183 e. The summed E-state index contributed by atoms with van der Waals surface area (Å²) in [5.74, 6) is 0. The molecule has 0 bridgehead atoms. The third-order valence-corrected chi connectivity index (χ3v) is 3.08. The van der Waals surface area contributed by atoms with E-state index in [1.807, 2.05) is 6.20 Å². The van der Waals surface area contributed by atoms with E-state index in [0.29, 0.717) is 4.47 Å². The zero-order valence-corrected chi connectivity index (χ0v) is 9.81. The molecular formula is C9H15ClN2OS. The number of aliphatic hydroxyl groups excluding tert-OH is 1. The van der Waals surface area contributed by atoms with Crippen molar-refractivity contribution in [1.29, 1.82) is 0 Å². The van der Waals surface area contributed by atoms with Gasteiger partial charge in [0.1, 0.15) is 0 Å². The van der Waals surface area contributed by atoms with Gasteiger partial charge in [-0.1, -0.05) is 18.5 Å². The molecule has 0 unspecified atom stereocenters. The van der Waals surface area contributed by atoms with Gasteiger partial charge < -0.3 is 5.11 Å². The molecule has 0 radical (unpaired) electrons. The predicted molar refractivity (Wildman–Crippen MR) is 59.8 cm³/mol. The van der Waals surface area contributed by atoms with Crippen LogP contribution in [-0.4, -0.2) is 34.7 Å². The maximum atomic E-state index is 8.72. The second-order valence-corrected chi connectivity index (χ2v) is 4.72. The van der Waals surface area contributed by atoms with Crippen molar-refractivity contribution in [3.8, 4) is 0 Å². The first-order valence-corrected chi connectivity index (χ1v) is 5.89. The molecule has 0 amide bonds. The summed E-state index contributed by atoms with van der Waals surface area (Å²) in [5, 5.41) is 8.72. The summed E-state index contributed by atoms with van der Waals surface area (Å²) >= 11 is 7.26. The van der Waals surface area contributed by atoms with Gasteiger partial charge in [0.05, 0.1) is 0 Å². The maximum absolute atomic E-state index is 8.72. The van der Waals surface area contributed by atoms with E-state index < -0.39 is 0 Å². The van der Waals surface area contributed by atoms with Crippen LogP contribution in [0.1, 0.15) is 18.2 Å². The number of hydrogen-bond acceptors (Lipinski definition) is 4. The highest BCUT2D eigenvalue weighted by Crippen LogP contribution is 2.19. The molecule has 0 spiro atoms. The van der Waals surface area contributed by atoms with Crippen molar-refractivity contribution in [3.05, 3.63) is 15.5 Å². The van der Waals surface area contributed by atoms with Crippen LogP contribution in [0.3, 0.4) is 0 Å². The lowest BCUT2D eigenvalue weighted by molar-refractivity contribution is 0.226. The van der Waals surface area contributed by atoms with Crippen LogP contribution in [0, 0.1) is 0 Å². The fourth-order valence-corrected chi connectivity index (χ4v) is 2.24. The van der Waals surface area contributed by atoms with Crippen LogP contribution in [0.5, 0.6) is 0 Å². The molecule has 0 aromatic carbocycles. The molecule has 1 aromatic rings. The third kappa shape index (κ3) is 3.92. The molecule has 5 heteroatoms. The van der Waals surface area contributed by atoms with Crippen LogP contribution >= 0.6 is 22.9 Å². The molecule has 0 aliphatic carbocycles. The SMILES string of the molecule is CCN(CCCO)Cc1cnc(Cl)s1. The largest absolute Gasteiger partial charge is 0.396 e. The summed E-state index contributed by atoms with van der Waals surface area (Å²) in [7, 11) is 0. The van der Waals surface area contributed by atoms with Gasteiger partial charge in [0.2, 0.25) is 0 Å². The number of hydrogen-bond donors (Lipinski definition) is 1. The monoisotopic (exact) mass is 234 g/mol. The molecule has 0 aliphatic heterocycles. The van der Waals surface area contributed by atoms with Gasteiger partial charge in [-0.05, 0) is 13.0 Å². The first-order chi connectivity index (χ1) is 6.76. The van der Waals surface area contributed by atoms with Crippen LogP contribution in [-0.2, 0) is 6.54 Å². The predicted octanol–water partition coefficient (Wildman–Crippen LogP) is 2.00. The fourth-order valence-electron chi connectivity index (χ4n) is 1.22. The normalized spacial score (nSPS) is 11.1. The van der Waals surface area contributed by atoms with Gasteiger partial charge in [-0.2, -0.15) is 0 Å². The Morgan fingerprint density at radius 2 is 2.43 bits per heavy atom. The Morgan fingerprint density at radius 3 is 2.93 bits per heavy atom. The molecular weight excluding hydrogens is 220 g/mol. The van der Waals surface area contributed by atoms with Gasteiger partial charge in [0.15, 0.2) is 4.47 Å². The minimum Gasteiger partial charge on any atom is -0.396 e. The number of aromatic nitrogens is 1. The van der Waals surface area contributed by atoms with Gasteiger partial charge in [-0.15, -0.1) is 11.3 Å². The first kappa shape index (κ1) is 11.9. The second kappa shape index (κ2) is 6.35. The van der Waals surface area contributed by atoms with Crippen molar-refractivity contribution in [1.82, 2.24) is 9.88 Å². The third-order valence-electron chi connectivity index (χ3n) is 1.98. The zero-order valence-electron chi connectivity index (χ0n) is 8.24. The standard InChI is InChI=1S/C9H15ClN2OS/c1-2-12(4-3-5-13)7-8-6-11-9(10)14-8/h6,13H,2-5,7H2,1H3. The van der Waals surface area contributed by atoms with Crippen LogP contribution in [0.25, 0.3) is 0 Å². The summed E-state index contributed by atoms with van der Waals surface area (Å²) in [4.78, 5) is 7.43. The van der Waals surface area contributed by atoms with Crippen molar-refractivity contribution < 1.29 is 5.11 Å². The Hall–Kier alpha value is -0.160. The highest BCUT2D eigenvalue weighted by molar-refractivity contribution is 7.15. The van der Waals surface area contributed by atoms with Gasteiger partial charge >= 0.3 is 0 Å². The van der Waals surface area contributed by atoms with E-state index in [0.717, 1.165) is 26.1 Å². The van der Waals surface area contributed by atoms with Crippen molar-refractivity contribution in [2.24, 2.45) is 0 Å².